The molecule has 5 nitrogen and oxygen atoms in total. The van der Waals surface area contributed by atoms with Crippen LogP contribution in [0.2, 0.25) is 0 Å². The van der Waals surface area contributed by atoms with Crippen molar-refractivity contribution < 1.29 is 14.3 Å². The largest absolute Gasteiger partial charge is 0.494 e. The Bertz CT molecular complexity index is 528. The summed E-state index contributed by atoms with van der Waals surface area (Å²) in [5, 5.41) is 3.22. The Kier molecular flexibility index (Phi) is 6.59. The number of nitrogens with zero attached hydrogens (tertiary/aromatic N) is 1. The lowest BCUT2D eigenvalue weighted by Gasteiger charge is -2.32. The number of nitrogens with one attached hydrogen (secondary N) is 1. The predicted octanol–water partition coefficient (Wildman–Crippen LogP) is 2.26. The van der Waals surface area contributed by atoms with Gasteiger partial charge in [-0.05, 0) is 51.1 Å². The van der Waals surface area contributed by atoms with E-state index in [-0.39, 0.29) is 24.5 Å². The number of piperidine rings is 1. The van der Waals surface area contributed by atoms with Gasteiger partial charge in [0.15, 0.2) is 5.78 Å². The Hall–Kier alpha value is -1.88. The molecule has 1 aromatic rings. The molecule has 0 aliphatic carbocycles. The molecule has 1 fully saturated rings. The number of amides is 1. The SMILES string of the molecule is CCOc1ccc(C(=O)CCC(=O)N2CCCC(NC)C2)cc1. The van der Waals surface area contributed by atoms with E-state index in [2.05, 4.69) is 5.32 Å². The summed E-state index contributed by atoms with van der Waals surface area (Å²) in [6, 6.07) is 7.47. The van der Waals surface area contributed by atoms with Gasteiger partial charge in [-0.15, -0.1) is 0 Å². The van der Waals surface area contributed by atoms with E-state index in [0.717, 1.165) is 31.7 Å². The fraction of sp³-hybridized carbons (Fsp3) is 0.556. The maximum atomic E-state index is 12.3. The van der Waals surface area contributed by atoms with Crippen LogP contribution >= 0.6 is 0 Å². The number of carbonyl (C=O) groups is 2. The van der Waals surface area contributed by atoms with E-state index in [1.807, 2.05) is 18.9 Å². The van der Waals surface area contributed by atoms with Crippen LogP contribution in [0, 0.1) is 0 Å². The highest BCUT2D eigenvalue weighted by atomic mass is 16.5. The van der Waals surface area contributed by atoms with Gasteiger partial charge in [0.05, 0.1) is 6.61 Å². The summed E-state index contributed by atoms with van der Waals surface area (Å²) in [4.78, 5) is 26.3. The van der Waals surface area contributed by atoms with E-state index in [1.165, 1.54) is 0 Å². The molecule has 0 aromatic heterocycles. The Morgan fingerprint density at radius 3 is 2.65 bits per heavy atom. The van der Waals surface area contributed by atoms with E-state index in [4.69, 9.17) is 4.74 Å². The van der Waals surface area contributed by atoms with Crippen LogP contribution in [0.1, 0.15) is 43.0 Å². The zero-order valence-corrected chi connectivity index (χ0v) is 14.0. The van der Waals surface area contributed by atoms with Crippen molar-refractivity contribution in [2.75, 3.05) is 26.7 Å². The minimum atomic E-state index is 0.00331. The number of likely N-dealkylation sites (tertiary alicyclic amines) is 1. The molecule has 23 heavy (non-hydrogen) atoms. The molecule has 0 radical (unpaired) electrons. The van der Waals surface area contributed by atoms with Crippen molar-refractivity contribution in [3.05, 3.63) is 29.8 Å². The van der Waals surface area contributed by atoms with E-state index >= 15 is 0 Å². The molecule has 0 spiro atoms. The van der Waals surface area contributed by atoms with Crippen LogP contribution in [0.3, 0.4) is 0 Å². The highest BCUT2D eigenvalue weighted by Gasteiger charge is 2.22. The van der Waals surface area contributed by atoms with Gasteiger partial charge in [-0.25, -0.2) is 0 Å². The third kappa shape index (κ3) is 5.06. The van der Waals surface area contributed by atoms with Crippen molar-refractivity contribution in [1.82, 2.24) is 10.2 Å². The Balaban J connectivity index is 1.82. The van der Waals surface area contributed by atoms with Gasteiger partial charge >= 0.3 is 0 Å². The monoisotopic (exact) mass is 318 g/mol. The minimum absolute atomic E-state index is 0.00331. The lowest BCUT2D eigenvalue weighted by atomic mass is 10.0. The molecule has 2 rings (SSSR count). The van der Waals surface area contributed by atoms with Crippen LogP contribution in [0.15, 0.2) is 24.3 Å². The minimum Gasteiger partial charge on any atom is -0.494 e. The second-order valence-electron chi connectivity index (χ2n) is 5.85. The quantitative estimate of drug-likeness (QED) is 0.784. The first-order chi connectivity index (χ1) is 11.1. The first kappa shape index (κ1) is 17.5. The van der Waals surface area contributed by atoms with E-state index in [0.29, 0.717) is 18.2 Å². The topological polar surface area (TPSA) is 58.6 Å². The molecule has 1 aliphatic heterocycles. The molecular weight excluding hydrogens is 292 g/mol. The predicted molar refractivity (Wildman–Crippen MR) is 89.8 cm³/mol. The van der Waals surface area contributed by atoms with E-state index in [1.54, 1.807) is 24.3 Å². The van der Waals surface area contributed by atoms with E-state index in [9.17, 15) is 9.59 Å². The first-order valence-corrected chi connectivity index (χ1v) is 8.35. The van der Waals surface area contributed by atoms with Crippen LogP contribution < -0.4 is 10.1 Å². The van der Waals surface area contributed by atoms with Gasteiger partial charge in [0.25, 0.3) is 0 Å². The van der Waals surface area contributed by atoms with Crippen LogP contribution in [-0.2, 0) is 4.79 Å². The average molecular weight is 318 g/mol. The second-order valence-corrected chi connectivity index (χ2v) is 5.85. The summed E-state index contributed by atoms with van der Waals surface area (Å²) in [6.07, 6.45) is 2.66. The molecule has 1 unspecified atom stereocenters. The van der Waals surface area contributed by atoms with Crippen molar-refractivity contribution in [2.45, 2.75) is 38.6 Å². The maximum absolute atomic E-state index is 12.3. The summed E-state index contributed by atoms with van der Waals surface area (Å²) in [7, 11) is 1.92. The molecule has 5 heteroatoms. The lowest BCUT2D eigenvalue weighted by Crippen LogP contribution is -2.47. The standard InChI is InChI=1S/C18H26N2O3/c1-3-23-16-8-6-14(7-9-16)17(21)10-11-18(22)20-12-4-5-15(13-20)19-2/h6-9,15,19H,3-5,10-13H2,1-2H3. The number of ketones is 1. The summed E-state index contributed by atoms with van der Waals surface area (Å²) >= 11 is 0. The van der Waals surface area contributed by atoms with Gasteiger partial charge in [0.1, 0.15) is 5.75 Å². The second kappa shape index (κ2) is 8.67. The summed E-state index contributed by atoms with van der Waals surface area (Å²) in [5.74, 6) is 0.833. The highest BCUT2D eigenvalue weighted by Crippen LogP contribution is 2.15. The molecule has 126 valence electrons. The molecule has 0 bridgehead atoms. The number of carbonyl (C=O) groups excluding carboxylic acids is 2. The molecule has 1 saturated heterocycles. The van der Waals surface area contributed by atoms with Crippen molar-refractivity contribution in [3.63, 3.8) is 0 Å². The van der Waals surface area contributed by atoms with Gasteiger partial charge in [-0.3, -0.25) is 9.59 Å². The zero-order valence-electron chi connectivity index (χ0n) is 14.0. The fourth-order valence-electron chi connectivity index (χ4n) is 2.87. The Morgan fingerprint density at radius 1 is 1.26 bits per heavy atom. The van der Waals surface area contributed by atoms with Crippen molar-refractivity contribution in [3.8, 4) is 5.75 Å². The number of likely N-dealkylation sites (N-methyl/N-ethyl adjacent to an activating group) is 1. The first-order valence-electron chi connectivity index (χ1n) is 8.35. The Labute approximate surface area is 138 Å². The number of hydrogen-bond acceptors (Lipinski definition) is 4. The molecule has 1 aliphatic rings. The van der Waals surface area contributed by atoms with Crippen LogP contribution in [0.25, 0.3) is 0 Å². The number of hydrogen-bond donors (Lipinski definition) is 1. The van der Waals surface area contributed by atoms with Crippen LogP contribution in [-0.4, -0.2) is 49.4 Å². The molecule has 1 amide bonds. The number of benzene rings is 1. The third-order valence-corrected chi connectivity index (χ3v) is 4.24. The van der Waals surface area contributed by atoms with Crippen molar-refractivity contribution in [1.29, 1.82) is 0 Å². The van der Waals surface area contributed by atoms with Crippen LogP contribution in [0.4, 0.5) is 0 Å². The molecule has 0 saturated carbocycles. The van der Waals surface area contributed by atoms with Gasteiger partial charge < -0.3 is 15.0 Å². The summed E-state index contributed by atoms with van der Waals surface area (Å²) in [6.45, 7) is 4.07. The molecule has 1 aromatic carbocycles. The Morgan fingerprint density at radius 2 is 2.00 bits per heavy atom. The van der Waals surface area contributed by atoms with Crippen LogP contribution in [0.5, 0.6) is 5.75 Å². The molecule has 1 heterocycles. The lowest BCUT2D eigenvalue weighted by molar-refractivity contribution is -0.132. The van der Waals surface area contributed by atoms with Gasteiger partial charge in [0.2, 0.25) is 5.91 Å². The fourth-order valence-corrected chi connectivity index (χ4v) is 2.87. The maximum Gasteiger partial charge on any atom is 0.223 e. The molecule has 1 N–H and O–H groups in total. The van der Waals surface area contributed by atoms with Crippen molar-refractivity contribution >= 4 is 11.7 Å². The smallest absolute Gasteiger partial charge is 0.223 e. The van der Waals surface area contributed by atoms with Gasteiger partial charge in [-0.2, -0.15) is 0 Å². The summed E-state index contributed by atoms with van der Waals surface area (Å²) < 4.78 is 5.36. The van der Waals surface area contributed by atoms with E-state index < -0.39 is 0 Å². The van der Waals surface area contributed by atoms with Crippen molar-refractivity contribution in [2.24, 2.45) is 0 Å². The number of rotatable bonds is 7. The molecule has 1 atom stereocenters. The third-order valence-electron chi connectivity index (χ3n) is 4.24. The zero-order chi connectivity index (χ0) is 16.7. The highest BCUT2D eigenvalue weighted by molar-refractivity contribution is 5.98. The van der Waals surface area contributed by atoms with Gasteiger partial charge in [-0.1, -0.05) is 0 Å². The average Bonchev–Trinajstić information content (AvgIpc) is 2.60. The summed E-state index contributed by atoms with van der Waals surface area (Å²) in [5.41, 5.74) is 0.632. The molecular formula is C18H26N2O3. The normalized spacial score (nSPS) is 17.8. The van der Waals surface area contributed by atoms with Gasteiger partial charge in [0, 0.05) is 37.5 Å². The number of ether oxygens (including phenoxy) is 1. The number of Topliss-reactive ketones (excluding diaryl/α,β-unsaturated/α-hetero) is 1.